The molecule has 1 aliphatic rings. The van der Waals surface area contributed by atoms with E-state index < -0.39 is 0 Å². The molecule has 0 spiro atoms. The molecule has 2 rings (SSSR count). The number of benzene rings is 1. The number of aliphatic hydroxyl groups excluding tert-OH is 1. The molecule has 22 heavy (non-hydrogen) atoms. The molecule has 1 aliphatic heterocycles. The Kier molecular flexibility index (Phi) is 7.02. The predicted molar refractivity (Wildman–Crippen MR) is 91.9 cm³/mol. The molecule has 1 aromatic carbocycles. The molecule has 0 atom stereocenters. The lowest BCUT2D eigenvalue weighted by Gasteiger charge is -2.29. The van der Waals surface area contributed by atoms with Gasteiger partial charge in [-0.05, 0) is 50.3 Å². The fourth-order valence-electron chi connectivity index (χ4n) is 2.55. The largest absolute Gasteiger partial charge is 0.393 e. The zero-order valence-electron chi connectivity index (χ0n) is 12.8. The van der Waals surface area contributed by atoms with Crippen molar-refractivity contribution in [1.82, 2.24) is 10.2 Å². The minimum atomic E-state index is -0.137. The van der Waals surface area contributed by atoms with Crippen LogP contribution in [0.25, 0.3) is 0 Å². The molecule has 0 aliphatic carbocycles. The van der Waals surface area contributed by atoms with Crippen molar-refractivity contribution >= 4 is 29.3 Å². The summed E-state index contributed by atoms with van der Waals surface area (Å²) in [4.78, 5) is 15.5. The quantitative estimate of drug-likeness (QED) is 0.616. The molecule has 1 fully saturated rings. The minimum absolute atomic E-state index is 0.116. The molecule has 4 nitrogen and oxygen atoms in total. The second kappa shape index (κ2) is 8.77. The SMILES string of the molecule is CSc1ccc(Cl)c(C(=O)NCCCN2CCC(O)CC2)c1. The van der Waals surface area contributed by atoms with Gasteiger partial charge in [-0.2, -0.15) is 0 Å². The monoisotopic (exact) mass is 342 g/mol. The lowest BCUT2D eigenvalue weighted by molar-refractivity contribution is 0.0816. The Balaban J connectivity index is 1.74. The van der Waals surface area contributed by atoms with E-state index in [9.17, 15) is 9.90 Å². The third kappa shape index (κ3) is 5.16. The van der Waals surface area contributed by atoms with E-state index in [1.54, 1.807) is 17.8 Å². The normalized spacial score (nSPS) is 16.7. The number of piperidine rings is 1. The van der Waals surface area contributed by atoms with Gasteiger partial charge in [-0.3, -0.25) is 4.79 Å². The van der Waals surface area contributed by atoms with E-state index in [0.29, 0.717) is 17.1 Å². The van der Waals surface area contributed by atoms with Crippen LogP contribution in [0.2, 0.25) is 5.02 Å². The van der Waals surface area contributed by atoms with Crippen LogP contribution in [-0.4, -0.2) is 54.5 Å². The summed E-state index contributed by atoms with van der Waals surface area (Å²) in [6.45, 7) is 3.47. The van der Waals surface area contributed by atoms with Crippen molar-refractivity contribution in [2.24, 2.45) is 0 Å². The first kappa shape index (κ1) is 17.6. The summed E-state index contributed by atoms with van der Waals surface area (Å²) in [7, 11) is 0. The second-order valence-corrected chi connectivity index (χ2v) is 6.81. The van der Waals surface area contributed by atoms with Crippen molar-refractivity contribution < 1.29 is 9.90 Å². The first-order chi connectivity index (χ1) is 10.6. The summed E-state index contributed by atoms with van der Waals surface area (Å²) in [6.07, 6.45) is 4.44. The van der Waals surface area contributed by atoms with Gasteiger partial charge in [0, 0.05) is 24.5 Å². The van der Waals surface area contributed by atoms with Gasteiger partial charge < -0.3 is 15.3 Å². The molecular formula is C16H23ClN2O2S. The van der Waals surface area contributed by atoms with Gasteiger partial charge in [0.2, 0.25) is 0 Å². The number of hydrogen-bond acceptors (Lipinski definition) is 4. The van der Waals surface area contributed by atoms with Gasteiger partial charge in [-0.15, -0.1) is 11.8 Å². The first-order valence-electron chi connectivity index (χ1n) is 7.62. The summed E-state index contributed by atoms with van der Waals surface area (Å²) in [5.74, 6) is -0.116. The Labute approximate surface area is 141 Å². The maximum absolute atomic E-state index is 12.2. The van der Waals surface area contributed by atoms with Gasteiger partial charge >= 0.3 is 0 Å². The van der Waals surface area contributed by atoms with Crippen molar-refractivity contribution in [3.8, 4) is 0 Å². The zero-order chi connectivity index (χ0) is 15.9. The Morgan fingerprint density at radius 3 is 2.86 bits per heavy atom. The lowest BCUT2D eigenvalue weighted by atomic mass is 10.1. The highest BCUT2D eigenvalue weighted by atomic mass is 35.5. The number of carbonyl (C=O) groups is 1. The topological polar surface area (TPSA) is 52.6 Å². The highest BCUT2D eigenvalue weighted by Crippen LogP contribution is 2.22. The van der Waals surface area contributed by atoms with Gasteiger partial charge in [-0.25, -0.2) is 0 Å². The van der Waals surface area contributed by atoms with E-state index in [1.165, 1.54) is 0 Å². The van der Waals surface area contributed by atoms with Crippen LogP contribution in [0.5, 0.6) is 0 Å². The number of halogens is 1. The van der Waals surface area contributed by atoms with E-state index in [1.807, 2.05) is 18.4 Å². The number of carbonyl (C=O) groups excluding carboxylic acids is 1. The number of amides is 1. The summed E-state index contributed by atoms with van der Waals surface area (Å²) in [5.41, 5.74) is 0.537. The Morgan fingerprint density at radius 1 is 1.45 bits per heavy atom. The lowest BCUT2D eigenvalue weighted by Crippen LogP contribution is -2.37. The molecule has 2 N–H and O–H groups in total. The molecular weight excluding hydrogens is 320 g/mol. The van der Waals surface area contributed by atoms with Gasteiger partial charge in [-0.1, -0.05) is 11.6 Å². The third-order valence-electron chi connectivity index (χ3n) is 3.91. The van der Waals surface area contributed by atoms with Crippen LogP contribution in [0.1, 0.15) is 29.6 Å². The Bertz CT molecular complexity index is 505. The summed E-state index contributed by atoms with van der Waals surface area (Å²) >= 11 is 7.68. The van der Waals surface area contributed by atoms with Crippen molar-refractivity contribution in [2.45, 2.75) is 30.3 Å². The van der Waals surface area contributed by atoms with E-state index >= 15 is 0 Å². The van der Waals surface area contributed by atoms with Gasteiger partial charge in [0.15, 0.2) is 0 Å². The van der Waals surface area contributed by atoms with Crippen LogP contribution < -0.4 is 5.32 Å². The summed E-state index contributed by atoms with van der Waals surface area (Å²) < 4.78 is 0. The summed E-state index contributed by atoms with van der Waals surface area (Å²) in [5, 5.41) is 12.9. The molecule has 1 amide bonds. The highest BCUT2D eigenvalue weighted by molar-refractivity contribution is 7.98. The molecule has 1 saturated heterocycles. The third-order valence-corrected chi connectivity index (χ3v) is 4.97. The van der Waals surface area contributed by atoms with Crippen LogP contribution in [0.3, 0.4) is 0 Å². The van der Waals surface area contributed by atoms with Crippen LogP contribution in [0, 0.1) is 0 Å². The Morgan fingerprint density at radius 2 is 2.18 bits per heavy atom. The van der Waals surface area contributed by atoms with Crippen molar-refractivity contribution in [1.29, 1.82) is 0 Å². The standard InChI is InChI=1S/C16H23ClN2O2S/c1-22-13-3-4-15(17)14(11-13)16(21)18-7-2-8-19-9-5-12(20)6-10-19/h3-4,11-12,20H,2,5-10H2,1H3,(H,18,21). The number of nitrogens with one attached hydrogen (secondary N) is 1. The van der Waals surface area contributed by atoms with Crippen LogP contribution in [0.4, 0.5) is 0 Å². The van der Waals surface area contributed by atoms with Gasteiger partial charge in [0.1, 0.15) is 0 Å². The van der Waals surface area contributed by atoms with E-state index in [-0.39, 0.29) is 12.0 Å². The van der Waals surface area contributed by atoms with E-state index in [2.05, 4.69) is 10.2 Å². The maximum Gasteiger partial charge on any atom is 0.252 e. The first-order valence-corrected chi connectivity index (χ1v) is 9.22. The molecule has 0 bridgehead atoms. The summed E-state index contributed by atoms with van der Waals surface area (Å²) in [6, 6.07) is 5.50. The number of hydrogen-bond donors (Lipinski definition) is 2. The molecule has 6 heteroatoms. The molecule has 0 aromatic heterocycles. The van der Waals surface area contributed by atoms with E-state index in [0.717, 1.165) is 43.8 Å². The van der Waals surface area contributed by atoms with Gasteiger partial charge in [0.05, 0.1) is 16.7 Å². The Hall–Kier alpha value is -0.750. The highest BCUT2D eigenvalue weighted by Gasteiger charge is 2.16. The average Bonchev–Trinajstić information content (AvgIpc) is 2.53. The number of likely N-dealkylation sites (tertiary alicyclic amines) is 1. The molecule has 0 saturated carbocycles. The van der Waals surface area contributed by atoms with Crippen LogP contribution in [0.15, 0.2) is 23.1 Å². The van der Waals surface area contributed by atoms with E-state index in [4.69, 9.17) is 11.6 Å². The smallest absolute Gasteiger partial charge is 0.252 e. The van der Waals surface area contributed by atoms with Crippen molar-refractivity contribution in [2.75, 3.05) is 32.4 Å². The zero-order valence-corrected chi connectivity index (χ0v) is 14.4. The number of aliphatic hydroxyl groups is 1. The second-order valence-electron chi connectivity index (χ2n) is 5.53. The molecule has 1 heterocycles. The molecule has 122 valence electrons. The molecule has 1 aromatic rings. The fourth-order valence-corrected chi connectivity index (χ4v) is 3.19. The minimum Gasteiger partial charge on any atom is -0.393 e. The fraction of sp³-hybridized carbons (Fsp3) is 0.562. The van der Waals surface area contributed by atoms with Crippen molar-refractivity contribution in [3.05, 3.63) is 28.8 Å². The van der Waals surface area contributed by atoms with Crippen LogP contribution >= 0.6 is 23.4 Å². The number of thioether (sulfide) groups is 1. The van der Waals surface area contributed by atoms with Gasteiger partial charge in [0.25, 0.3) is 5.91 Å². The van der Waals surface area contributed by atoms with Crippen LogP contribution in [-0.2, 0) is 0 Å². The molecule has 0 unspecified atom stereocenters. The van der Waals surface area contributed by atoms with Crippen molar-refractivity contribution in [3.63, 3.8) is 0 Å². The number of rotatable bonds is 6. The maximum atomic E-state index is 12.2. The predicted octanol–water partition coefficient (Wildman–Crippen LogP) is 2.64. The number of nitrogens with zero attached hydrogens (tertiary/aromatic N) is 1. The average molecular weight is 343 g/mol. The molecule has 0 radical (unpaired) electrons.